The van der Waals surface area contributed by atoms with E-state index in [1.807, 2.05) is 0 Å². The largest absolute Gasteiger partial charge is 0.0581 e. The number of hydrogen-bond donors (Lipinski definition) is 0. The smallest absolute Gasteiger partial charge is 0.0283 e. The molecule has 0 aromatic heterocycles. The van der Waals surface area contributed by atoms with Gasteiger partial charge in [-0.25, -0.2) is 0 Å². The fourth-order valence-corrected chi connectivity index (χ4v) is 3.40. The first-order valence-electron chi connectivity index (χ1n) is 5.51. The molecular weight excluding hydrogens is 180 g/mol. The monoisotopic (exact) mass is 192 g/mol. The van der Waals surface area contributed by atoms with Crippen LogP contribution in [-0.2, 0) is 0 Å². The van der Waals surface area contributed by atoms with Crippen molar-refractivity contribution in [2.24, 2.45) is 11.3 Å². The summed E-state index contributed by atoms with van der Waals surface area (Å²) in [6, 6.07) is 0. The second-order valence-corrected chi connectivity index (χ2v) is 4.88. The number of fused-ring (bicyclic) bond motifs is 5. The van der Waals surface area contributed by atoms with Crippen LogP contribution in [-0.4, -0.2) is 0 Å². The zero-order valence-electron chi connectivity index (χ0n) is 8.70. The lowest BCUT2D eigenvalue weighted by Crippen LogP contribution is -2.26. The van der Waals surface area contributed by atoms with E-state index in [1.165, 1.54) is 22.3 Å². The van der Waals surface area contributed by atoms with Gasteiger partial charge in [-0.1, -0.05) is 55.5 Å². The number of rotatable bonds is 1. The highest BCUT2D eigenvalue weighted by Crippen LogP contribution is 2.58. The number of allylic oxidation sites excluding steroid dienone is 12. The maximum absolute atomic E-state index is 2.38. The van der Waals surface area contributed by atoms with Crippen LogP contribution in [0.3, 0.4) is 0 Å². The highest BCUT2D eigenvalue weighted by molar-refractivity contribution is 5.65. The average molecular weight is 192 g/mol. The summed E-state index contributed by atoms with van der Waals surface area (Å²) in [4.78, 5) is 0. The fraction of sp³-hybridized carbons (Fsp3) is 0.200. The van der Waals surface area contributed by atoms with Crippen LogP contribution in [0.1, 0.15) is 6.92 Å². The van der Waals surface area contributed by atoms with E-state index in [-0.39, 0.29) is 5.41 Å². The molecule has 0 radical (unpaired) electrons. The lowest BCUT2D eigenvalue weighted by atomic mass is 9.69. The summed E-state index contributed by atoms with van der Waals surface area (Å²) in [5, 5.41) is 0. The van der Waals surface area contributed by atoms with Gasteiger partial charge in [0, 0.05) is 11.3 Å². The van der Waals surface area contributed by atoms with Crippen LogP contribution in [0.4, 0.5) is 0 Å². The molecule has 4 bridgehead atoms. The Morgan fingerprint density at radius 3 is 1.73 bits per heavy atom. The van der Waals surface area contributed by atoms with E-state index in [9.17, 15) is 0 Å². The first-order valence-corrected chi connectivity index (χ1v) is 5.51. The highest BCUT2D eigenvalue weighted by Gasteiger charge is 2.48. The van der Waals surface area contributed by atoms with Gasteiger partial charge in [-0.15, -0.1) is 0 Å². The maximum atomic E-state index is 2.38. The van der Waals surface area contributed by atoms with E-state index >= 15 is 0 Å². The summed E-state index contributed by atoms with van der Waals surface area (Å²) in [5.41, 5.74) is 6.14. The topological polar surface area (TPSA) is 0 Å². The lowest BCUT2D eigenvalue weighted by molar-refractivity contribution is 0.425. The zero-order valence-corrected chi connectivity index (χ0v) is 8.70. The first kappa shape index (κ1) is 7.70. The van der Waals surface area contributed by atoms with Gasteiger partial charge >= 0.3 is 0 Å². The van der Waals surface area contributed by atoms with Crippen molar-refractivity contribution in [1.29, 1.82) is 0 Å². The van der Waals surface area contributed by atoms with Gasteiger partial charge in [0.1, 0.15) is 0 Å². The molecule has 0 atom stereocenters. The van der Waals surface area contributed by atoms with E-state index in [1.54, 1.807) is 0 Å². The Balaban J connectivity index is 1.90. The Kier molecular flexibility index (Phi) is 1.11. The van der Waals surface area contributed by atoms with Crippen molar-refractivity contribution in [3.63, 3.8) is 0 Å². The van der Waals surface area contributed by atoms with Crippen LogP contribution < -0.4 is 0 Å². The third-order valence-electron chi connectivity index (χ3n) is 4.26. The van der Waals surface area contributed by atoms with Gasteiger partial charge in [0.05, 0.1) is 0 Å². The molecule has 0 amide bonds. The standard InChI is InChI=1S/C15H12/c1-15(12-6-7-13(15)9-8-12)14-10-2-3-11(14)5-4-10/h2-9,14H,1H3. The second kappa shape index (κ2) is 2.16. The molecule has 0 N–H and O–H groups in total. The molecule has 4 aliphatic rings. The molecule has 0 spiro atoms. The SMILES string of the molecule is CC1(C2C3=CC=C2C=C3)C2=CC=C1C=C2. The Morgan fingerprint density at radius 2 is 1.33 bits per heavy atom. The van der Waals surface area contributed by atoms with Gasteiger partial charge in [0.2, 0.25) is 0 Å². The second-order valence-electron chi connectivity index (χ2n) is 4.88. The Labute approximate surface area is 89.7 Å². The van der Waals surface area contributed by atoms with Crippen molar-refractivity contribution in [2.45, 2.75) is 6.92 Å². The molecule has 0 heteroatoms. The molecule has 0 saturated heterocycles. The van der Waals surface area contributed by atoms with Crippen LogP contribution in [0.15, 0.2) is 70.9 Å². The van der Waals surface area contributed by atoms with Crippen molar-refractivity contribution in [3.05, 3.63) is 70.9 Å². The van der Waals surface area contributed by atoms with Crippen LogP contribution in [0.25, 0.3) is 0 Å². The van der Waals surface area contributed by atoms with Crippen molar-refractivity contribution in [1.82, 2.24) is 0 Å². The van der Waals surface area contributed by atoms with Crippen LogP contribution in [0, 0.1) is 11.3 Å². The van der Waals surface area contributed by atoms with Crippen LogP contribution in [0.2, 0.25) is 0 Å². The molecular formula is C15H12. The Morgan fingerprint density at radius 1 is 0.800 bits per heavy atom. The van der Waals surface area contributed by atoms with Gasteiger partial charge in [0.25, 0.3) is 0 Å². The third kappa shape index (κ3) is 0.687. The summed E-state index contributed by atoms with van der Waals surface area (Å²) in [7, 11) is 0. The minimum atomic E-state index is 0.220. The molecule has 0 heterocycles. The van der Waals surface area contributed by atoms with Crippen molar-refractivity contribution >= 4 is 0 Å². The van der Waals surface area contributed by atoms with Gasteiger partial charge in [0.15, 0.2) is 0 Å². The number of hydrogen-bond acceptors (Lipinski definition) is 0. The van der Waals surface area contributed by atoms with Gasteiger partial charge in [-0.05, 0) is 22.3 Å². The van der Waals surface area contributed by atoms with Crippen molar-refractivity contribution < 1.29 is 0 Å². The summed E-state index contributed by atoms with van der Waals surface area (Å²) < 4.78 is 0. The zero-order chi connectivity index (χ0) is 10.0. The minimum absolute atomic E-state index is 0.220. The van der Waals surface area contributed by atoms with Gasteiger partial charge in [-0.3, -0.25) is 0 Å². The molecule has 0 nitrogen and oxygen atoms in total. The molecule has 0 aromatic carbocycles. The molecule has 0 aromatic rings. The molecule has 15 heavy (non-hydrogen) atoms. The molecule has 0 unspecified atom stereocenters. The highest BCUT2D eigenvalue weighted by atomic mass is 14.5. The van der Waals surface area contributed by atoms with Crippen LogP contribution >= 0.6 is 0 Å². The predicted octanol–water partition coefficient (Wildman–Crippen LogP) is 3.48. The van der Waals surface area contributed by atoms with E-state index in [2.05, 4.69) is 55.5 Å². The Hall–Kier alpha value is -1.56. The lowest BCUT2D eigenvalue weighted by Gasteiger charge is -2.33. The molecule has 72 valence electrons. The molecule has 0 fully saturated rings. The summed E-state index contributed by atoms with van der Waals surface area (Å²) in [6.07, 6.45) is 18.2. The molecule has 0 saturated carbocycles. The van der Waals surface area contributed by atoms with E-state index in [4.69, 9.17) is 0 Å². The summed E-state index contributed by atoms with van der Waals surface area (Å²) >= 11 is 0. The average Bonchev–Trinajstić information content (AvgIpc) is 2.99. The van der Waals surface area contributed by atoms with Crippen LogP contribution in [0.5, 0.6) is 0 Å². The maximum Gasteiger partial charge on any atom is 0.0283 e. The quantitative estimate of drug-likeness (QED) is 0.596. The first-order chi connectivity index (χ1) is 7.30. The van der Waals surface area contributed by atoms with Crippen molar-refractivity contribution in [3.8, 4) is 0 Å². The summed E-state index contributed by atoms with van der Waals surface area (Å²) in [5.74, 6) is 0.576. The van der Waals surface area contributed by atoms with E-state index in [0.29, 0.717) is 5.92 Å². The third-order valence-corrected chi connectivity index (χ3v) is 4.26. The molecule has 0 aliphatic heterocycles. The van der Waals surface area contributed by atoms with E-state index < -0.39 is 0 Å². The fourth-order valence-electron chi connectivity index (χ4n) is 3.40. The predicted molar refractivity (Wildman–Crippen MR) is 62.2 cm³/mol. The molecule has 4 rings (SSSR count). The van der Waals surface area contributed by atoms with E-state index in [0.717, 1.165) is 0 Å². The minimum Gasteiger partial charge on any atom is -0.0581 e. The van der Waals surface area contributed by atoms with Gasteiger partial charge < -0.3 is 0 Å². The Bertz CT molecular complexity index is 501. The normalized spacial score (nSPS) is 28.3. The molecule has 4 aliphatic carbocycles. The summed E-state index contributed by atoms with van der Waals surface area (Å²) in [6.45, 7) is 2.38. The van der Waals surface area contributed by atoms with Gasteiger partial charge in [-0.2, -0.15) is 0 Å². The van der Waals surface area contributed by atoms with Crippen molar-refractivity contribution in [2.75, 3.05) is 0 Å².